The third kappa shape index (κ3) is 3.07. The summed E-state index contributed by atoms with van der Waals surface area (Å²) in [5.74, 6) is -0.320. The molecule has 0 aliphatic heterocycles. The van der Waals surface area contributed by atoms with Crippen molar-refractivity contribution in [3.63, 3.8) is 0 Å². The molecule has 1 aromatic carbocycles. The summed E-state index contributed by atoms with van der Waals surface area (Å²) < 4.78 is 6.71. The third-order valence-electron chi connectivity index (χ3n) is 3.23. The lowest BCUT2D eigenvalue weighted by atomic mass is 10.2. The van der Waals surface area contributed by atoms with Gasteiger partial charge in [-0.2, -0.15) is 0 Å². The summed E-state index contributed by atoms with van der Waals surface area (Å²) in [6.45, 7) is 0.740. The van der Waals surface area contributed by atoms with Crippen molar-refractivity contribution in [3.05, 3.63) is 63.3 Å². The van der Waals surface area contributed by atoms with E-state index < -0.39 is 0 Å². The van der Waals surface area contributed by atoms with E-state index in [1.54, 1.807) is 16.7 Å². The van der Waals surface area contributed by atoms with E-state index in [1.807, 2.05) is 29.6 Å². The Morgan fingerprint density at radius 3 is 2.91 bits per heavy atom. The van der Waals surface area contributed by atoms with Crippen molar-refractivity contribution in [2.24, 2.45) is 0 Å². The van der Waals surface area contributed by atoms with Gasteiger partial charge in [0.05, 0.1) is 23.8 Å². The van der Waals surface area contributed by atoms with Gasteiger partial charge in [0, 0.05) is 6.54 Å². The van der Waals surface area contributed by atoms with Crippen molar-refractivity contribution in [1.82, 2.24) is 9.55 Å². The second-order valence-electron chi connectivity index (χ2n) is 4.73. The first-order valence-corrected chi connectivity index (χ1v) is 7.78. The predicted octanol–water partition coefficient (Wildman–Crippen LogP) is 2.71. The molecule has 0 unspecified atom stereocenters. The van der Waals surface area contributed by atoms with Gasteiger partial charge in [-0.05, 0) is 30.0 Å². The van der Waals surface area contributed by atoms with E-state index in [9.17, 15) is 9.59 Å². The van der Waals surface area contributed by atoms with Crippen molar-refractivity contribution < 1.29 is 9.53 Å². The van der Waals surface area contributed by atoms with Gasteiger partial charge in [0.2, 0.25) is 0 Å². The molecule has 0 saturated carbocycles. The third-order valence-corrected chi connectivity index (χ3v) is 4.08. The van der Waals surface area contributed by atoms with Crippen molar-refractivity contribution in [1.29, 1.82) is 0 Å². The molecular formula is C16H14N2O3S. The molecule has 2 heterocycles. The minimum atomic E-state index is -0.320. The van der Waals surface area contributed by atoms with E-state index in [1.165, 1.54) is 17.7 Å². The lowest BCUT2D eigenvalue weighted by Gasteiger charge is -2.07. The minimum Gasteiger partial charge on any atom is -0.461 e. The van der Waals surface area contributed by atoms with Crippen LogP contribution in [0.3, 0.4) is 0 Å². The van der Waals surface area contributed by atoms with Gasteiger partial charge in [0.1, 0.15) is 4.88 Å². The van der Waals surface area contributed by atoms with Crippen LogP contribution in [0.15, 0.2) is 52.9 Å². The van der Waals surface area contributed by atoms with Crippen LogP contribution in [0.5, 0.6) is 0 Å². The average molecular weight is 314 g/mol. The van der Waals surface area contributed by atoms with Crippen LogP contribution in [0.2, 0.25) is 0 Å². The summed E-state index contributed by atoms with van der Waals surface area (Å²) in [6, 6.07) is 10.8. The van der Waals surface area contributed by atoms with Gasteiger partial charge >= 0.3 is 5.97 Å². The fraction of sp³-hybridized carbons (Fsp3) is 0.188. The van der Waals surface area contributed by atoms with E-state index in [0.29, 0.717) is 28.7 Å². The van der Waals surface area contributed by atoms with E-state index in [4.69, 9.17) is 4.74 Å². The van der Waals surface area contributed by atoms with Crippen LogP contribution in [0.1, 0.15) is 16.1 Å². The van der Waals surface area contributed by atoms with Crippen LogP contribution < -0.4 is 5.56 Å². The lowest BCUT2D eigenvalue weighted by molar-refractivity contribution is 0.0501. The van der Waals surface area contributed by atoms with Gasteiger partial charge in [0.25, 0.3) is 5.56 Å². The molecule has 0 bridgehead atoms. The fourth-order valence-corrected chi connectivity index (χ4v) is 2.75. The van der Waals surface area contributed by atoms with Gasteiger partial charge < -0.3 is 4.74 Å². The Labute approximate surface area is 130 Å². The van der Waals surface area contributed by atoms with Crippen LogP contribution >= 0.6 is 11.3 Å². The zero-order valence-corrected chi connectivity index (χ0v) is 12.6. The number of ether oxygens (including phenoxy) is 1. The molecule has 22 heavy (non-hydrogen) atoms. The monoisotopic (exact) mass is 314 g/mol. The Morgan fingerprint density at radius 2 is 2.09 bits per heavy atom. The fourth-order valence-electron chi connectivity index (χ4n) is 2.13. The van der Waals surface area contributed by atoms with Crippen LogP contribution in [-0.4, -0.2) is 22.1 Å². The summed E-state index contributed by atoms with van der Waals surface area (Å²) in [5, 5.41) is 2.43. The second kappa shape index (κ2) is 6.53. The molecule has 0 spiro atoms. The topological polar surface area (TPSA) is 61.2 Å². The van der Waals surface area contributed by atoms with Crippen molar-refractivity contribution in [2.45, 2.75) is 13.0 Å². The van der Waals surface area contributed by atoms with Crippen molar-refractivity contribution in [3.8, 4) is 0 Å². The normalized spacial score (nSPS) is 10.7. The highest BCUT2D eigenvalue weighted by atomic mass is 32.1. The quantitative estimate of drug-likeness (QED) is 0.536. The number of esters is 1. The maximum absolute atomic E-state index is 12.3. The number of hydrogen-bond acceptors (Lipinski definition) is 5. The standard InChI is InChI=1S/C16H14N2O3S/c19-15-12-5-1-2-6-13(12)17-11-18(15)8-4-9-21-16(20)14-7-3-10-22-14/h1-3,5-7,10-11H,4,8-9H2. The summed E-state index contributed by atoms with van der Waals surface area (Å²) in [4.78, 5) is 28.8. The Balaban J connectivity index is 1.59. The Kier molecular flexibility index (Phi) is 4.29. The molecule has 0 radical (unpaired) electrons. The number of nitrogens with zero attached hydrogens (tertiary/aromatic N) is 2. The SMILES string of the molecule is O=C(OCCCn1cnc2ccccc2c1=O)c1cccs1. The molecule has 3 rings (SSSR count). The highest BCUT2D eigenvalue weighted by molar-refractivity contribution is 7.11. The number of aromatic nitrogens is 2. The Bertz CT molecular complexity index is 840. The summed E-state index contributed by atoms with van der Waals surface area (Å²) in [5.41, 5.74) is 0.614. The number of para-hydroxylation sites is 1. The van der Waals surface area contributed by atoms with Gasteiger partial charge in [-0.15, -0.1) is 11.3 Å². The predicted molar refractivity (Wildman–Crippen MR) is 85.2 cm³/mol. The summed E-state index contributed by atoms with van der Waals surface area (Å²) in [6.07, 6.45) is 2.10. The number of carbonyl (C=O) groups excluding carboxylic acids is 1. The number of carbonyl (C=O) groups is 1. The zero-order chi connectivity index (χ0) is 15.4. The first-order valence-electron chi connectivity index (χ1n) is 6.90. The van der Waals surface area contributed by atoms with Crippen LogP contribution in [0, 0.1) is 0 Å². The summed E-state index contributed by atoms with van der Waals surface area (Å²) >= 11 is 1.35. The van der Waals surface area contributed by atoms with E-state index in [2.05, 4.69) is 4.98 Å². The van der Waals surface area contributed by atoms with E-state index >= 15 is 0 Å². The maximum Gasteiger partial charge on any atom is 0.348 e. The average Bonchev–Trinajstić information content (AvgIpc) is 3.08. The number of aryl methyl sites for hydroxylation is 1. The number of benzene rings is 1. The first-order chi connectivity index (χ1) is 10.8. The minimum absolute atomic E-state index is 0.0739. The van der Waals surface area contributed by atoms with Gasteiger partial charge in [-0.25, -0.2) is 9.78 Å². The number of rotatable bonds is 5. The zero-order valence-electron chi connectivity index (χ0n) is 11.8. The van der Waals surface area contributed by atoms with Crippen LogP contribution in [-0.2, 0) is 11.3 Å². The highest BCUT2D eigenvalue weighted by Crippen LogP contribution is 2.10. The summed E-state index contributed by atoms with van der Waals surface area (Å²) in [7, 11) is 0. The first kappa shape index (κ1) is 14.5. The van der Waals surface area contributed by atoms with Gasteiger partial charge in [-0.3, -0.25) is 9.36 Å². The molecule has 0 N–H and O–H groups in total. The van der Waals surface area contributed by atoms with Crippen molar-refractivity contribution >= 4 is 28.2 Å². The molecule has 0 aliphatic rings. The number of fused-ring (bicyclic) bond motifs is 1. The number of thiophene rings is 1. The van der Waals surface area contributed by atoms with Crippen molar-refractivity contribution in [2.75, 3.05) is 6.61 Å². The molecule has 112 valence electrons. The molecule has 2 aromatic heterocycles. The Hall–Kier alpha value is -2.47. The van der Waals surface area contributed by atoms with E-state index in [0.717, 1.165) is 0 Å². The molecular weight excluding hydrogens is 300 g/mol. The van der Waals surface area contributed by atoms with Gasteiger partial charge in [-0.1, -0.05) is 18.2 Å². The molecule has 6 heteroatoms. The molecule has 0 fully saturated rings. The molecule has 0 atom stereocenters. The largest absolute Gasteiger partial charge is 0.461 e. The second-order valence-corrected chi connectivity index (χ2v) is 5.67. The molecule has 0 aliphatic carbocycles. The highest BCUT2D eigenvalue weighted by Gasteiger charge is 2.08. The number of hydrogen-bond donors (Lipinski definition) is 0. The smallest absolute Gasteiger partial charge is 0.348 e. The molecule has 0 amide bonds. The molecule has 3 aromatic rings. The maximum atomic E-state index is 12.3. The lowest BCUT2D eigenvalue weighted by Crippen LogP contribution is -2.21. The molecule has 0 saturated heterocycles. The van der Waals surface area contributed by atoms with Gasteiger partial charge in [0.15, 0.2) is 0 Å². The Morgan fingerprint density at radius 1 is 1.23 bits per heavy atom. The van der Waals surface area contributed by atoms with Crippen LogP contribution in [0.4, 0.5) is 0 Å². The molecule has 5 nitrogen and oxygen atoms in total. The van der Waals surface area contributed by atoms with Crippen LogP contribution in [0.25, 0.3) is 10.9 Å². The van der Waals surface area contributed by atoms with E-state index in [-0.39, 0.29) is 18.1 Å².